The van der Waals surface area contributed by atoms with E-state index in [-0.39, 0.29) is 5.91 Å². The first-order valence-electron chi connectivity index (χ1n) is 8.56. The second-order valence-corrected chi connectivity index (χ2v) is 6.57. The second-order valence-electron chi connectivity index (χ2n) is 6.57. The van der Waals surface area contributed by atoms with E-state index in [1.807, 2.05) is 23.1 Å². The van der Waals surface area contributed by atoms with Crippen molar-refractivity contribution in [2.45, 2.75) is 19.3 Å². The number of fused-ring (bicyclic) bond motifs is 1. The van der Waals surface area contributed by atoms with Crippen LogP contribution in [0.15, 0.2) is 54.7 Å². The SMILES string of the molecule is O=C(c1cccc2cn[nH]c12)N1CCC(Cc2ccccc2)CC1. The molecule has 1 fully saturated rings. The number of carbonyl (C=O) groups excluding carboxylic acids is 1. The molecule has 0 bridgehead atoms. The molecule has 4 heteroatoms. The summed E-state index contributed by atoms with van der Waals surface area (Å²) in [5.41, 5.74) is 2.96. The molecule has 1 saturated heterocycles. The first kappa shape index (κ1) is 14.9. The van der Waals surface area contributed by atoms with Crippen LogP contribution in [0, 0.1) is 5.92 Å². The van der Waals surface area contributed by atoms with Crippen LogP contribution in [0.25, 0.3) is 10.9 Å². The smallest absolute Gasteiger partial charge is 0.256 e. The van der Waals surface area contributed by atoms with Gasteiger partial charge in [-0.1, -0.05) is 42.5 Å². The average Bonchev–Trinajstić information content (AvgIpc) is 3.11. The van der Waals surface area contributed by atoms with E-state index in [2.05, 4.69) is 40.5 Å². The van der Waals surface area contributed by atoms with E-state index in [9.17, 15) is 4.79 Å². The predicted octanol–water partition coefficient (Wildman–Crippen LogP) is 3.66. The third-order valence-corrected chi connectivity index (χ3v) is 4.98. The summed E-state index contributed by atoms with van der Waals surface area (Å²) in [6.07, 6.45) is 5.01. The van der Waals surface area contributed by atoms with Gasteiger partial charge >= 0.3 is 0 Å². The number of hydrogen-bond acceptors (Lipinski definition) is 2. The van der Waals surface area contributed by atoms with Crippen LogP contribution in [0.1, 0.15) is 28.8 Å². The zero-order chi connectivity index (χ0) is 16.4. The second kappa shape index (κ2) is 6.48. The fraction of sp³-hybridized carbons (Fsp3) is 0.300. The highest BCUT2D eigenvalue weighted by atomic mass is 16.2. The maximum Gasteiger partial charge on any atom is 0.256 e. The Morgan fingerprint density at radius 1 is 1.08 bits per heavy atom. The Bertz CT molecular complexity index is 832. The van der Waals surface area contributed by atoms with Crippen LogP contribution in [-0.2, 0) is 6.42 Å². The molecule has 122 valence electrons. The van der Waals surface area contributed by atoms with Crippen molar-refractivity contribution < 1.29 is 4.79 Å². The molecule has 1 amide bonds. The number of nitrogens with zero attached hydrogens (tertiary/aromatic N) is 2. The highest BCUT2D eigenvalue weighted by Crippen LogP contribution is 2.24. The third-order valence-electron chi connectivity index (χ3n) is 4.98. The summed E-state index contributed by atoms with van der Waals surface area (Å²) in [5.74, 6) is 0.780. The normalized spacial score (nSPS) is 15.8. The number of aromatic nitrogens is 2. The Morgan fingerprint density at radius 2 is 1.88 bits per heavy atom. The van der Waals surface area contributed by atoms with Crippen molar-refractivity contribution in [3.8, 4) is 0 Å². The van der Waals surface area contributed by atoms with Gasteiger partial charge < -0.3 is 4.90 Å². The maximum atomic E-state index is 12.9. The number of benzene rings is 2. The third kappa shape index (κ3) is 2.92. The molecular formula is C20H21N3O. The number of piperidine rings is 1. The van der Waals surface area contributed by atoms with Crippen LogP contribution < -0.4 is 0 Å². The van der Waals surface area contributed by atoms with Crippen LogP contribution in [0.3, 0.4) is 0 Å². The number of H-pyrrole nitrogens is 1. The van der Waals surface area contributed by atoms with Crippen LogP contribution in [0.2, 0.25) is 0 Å². The molecule has 2 heterocycles. The molecule has 1 aliphatic heterocycles. The van der Waals surface area contributed by atoms with E-state index in [1.165, 1.54) is 5.56 Å². The van der Waals surface area contributed by atoms with Gasteiger partial charge in [-0.25, -0.2) is 0 Å². The molecule has 2 aromatic carbocycles. The molecule has 24 heavy (non-hydrogen) atoms. The summed E-state index contributed by atoms with van der Waals surface area (Å²) in [7, 11) is 0. The number of hydrogen-bond donors (Lipinski definition) is 1. The molecule has 0 aliphatic carbocycles. The van der Waals surface area contributed by atoms with Gasteiger partial charge in [-0.15, -0.1) is 0 Å². The molecule has 0 radical (unpaired) electrons. The van der Waals surface area contributed by atoms with Gasteiger partial charge in [-0.3, -0.25) is 9.89 Å². The lowest BCUT2D eigenvalue weighted by atomic mass is 9.90. The summed E-state index contributed by atoms with van der Waals surface area (Å²) >= 11 is 0. The van der Waals surface area contributed by atoms with Crippen molar-refractivity contribution in [1.29, 1.82) is 0 Å². The summed E-state index contributed by atoms with van der Waals surface area (Å²) in [5, 5.41) is 7.99. The number of rotatable bonds is 3. The first-order chi connectivity index (χ1) is 11.8. The Morgan fingerprint density at radius 3 is 2.67 bits per heavy atom. The van der Waals surface area contributed by atoms with E-state index in [0.717, 1.165) is 48.8 Å². The van der Waals surface area contributed by atoms with Crippen molar-refractivity contribution in [2.75, 3.05) is 13.1 Å². The molecule has 1 aliphatic rings. The number of aromatic amines is 1. The van der Waals surface area contributed by atoms with Gasteiger partial charge in [0, 0.05) is 18.5 Å². The lowest BCUT2D eigenvalue weighted by Crippen LogP contribution is -2.39. The molecular weight excluding hydrogens is 298 g/mol. The van der Waals surface area contributed by atoms with Crippen LogP contribution in [0.4, 0.5) is 0 Å². The van der Waals surface area contributed by atoms with Gasteiger partial charge in [0.05, 0.1) is 17.3 Å². The first-order valence-corrected chi connectivity index (χ1v) is 8.56. The van der Waals surface area contributed by atoms with E-state index in [1.54, 1.807) is 6.20 Å². The topological polar surface area (TPSA) is 49.0 Å². The van der Waals surface area contributed by atoms with Crippen molar-refractivity contribution in [1.82, 2.24) is 15.1 Å². The zero-order valence-corrected chi connectivity index (χ0v) is 13.6. The number of likely N-dealkylation sites (tertiary alicyclic amines) is 1. The van der Waals surface area contributed by atoms with Crippen molar-refractivity contribution in [3.05, 3.63) is 65.9 Å². The fourth-order valence-corrected chi connectivity index (χ4v) is 3.61. The molecule has 0 spiro atoms. The Kier molecular flexibility index (Phi) is 4.03. The van der Waals surface area contributed by atoms with Gasteiger partial charge in [0.25, 0.3) is 5.91 Å². The van der Waals surface area contributed by atoms with E-state index >= 15 is 0 Å². The van der Waals surface area contributed by atoms with Gasteiger partial charge in [-0.2, -0.15) is 5.10 Å². The summed E-state index contributed by atoms with van der Waals surface area (Å²) in [4.78, 5) is 14.8. The Balaban J connectivity index is 1.42. The monoisotopic (exact) mass is 319 g/mol. The van der Waals surface area contributed by atoms with E-state index in [4.69, 9.17) is 0 Å². The summed E-state index contributed by atoms with van der Waals surface area (Å²) in [6.45, 7) is 1.67. The highest BCUT2D eigenvalue weighted by molar-refractivity contribution is 6.05. The summed E-state index contributed by atoms with van der Waals surface area (Å²) in [6, 6.07) is 16.4. The molecule has 4 rings (SSSR count). The Hall–Kier alpha value is -2.62. The number of para-hydroxylation sites is 1. The molecule has 1 N–H and O–H groups in total. The maximum absolute atomic E-state index is 12.9. The minimum absolute atomic E-state index is 0.114. The van der Waals surface area contributed by atoms with Crippen molar-refractivity contribution in [3.63, 3.8) is 0 Å². The van der Waals surface area contributed by atoms with Crippen molar-refractivity contribution in [2.24, 2.45) is 5.92 Å². The van der Waals surface area contributed by atoms with Gasteiger partial charge in [0.1, 0.15) is 0 Å². The molecule has 1 aromatic heterocycles. The molecule has 3 aromatic rings. The van der Waals surface area contributed by atoms with Crippen LogP contribution in [-0.4, -0.2) is 34.1 Å². The molecule has 0 saturated carbocycles. The average molecular weight is 319 g/mol. The van der Waals surface area contributed by atoms with E-state index < -0.39 is 0 Å². The van der Waals surface area contributed by atoms with E-state index in [0.29, 0.717) is 5.92 Å². The van der Waals surface area contributed by atoms with Crippen LogP contribution in [0.5, 0.6) is 0 Å². The molecule has 4 nitrogen and oxygen atoms in total. The van der Waals surface area contributed by atoms with Gasteiger partial charge in [0.15, 0.2) is 0 Å². The minimum Gasteiger partial charge on any atom is -0.339 e. The number of nitrogens with one attached hydrogen (secondary N) is 1. The zero-order valence-electron chi connectivity index (χ0n) is 13.6. The number of amides is 1. The predicted molar refractivity (Wildman–Crippen MR) is 94.9 cm³/mol. The van der Waals surface area contributed by atoms with Gasteiger partial charge in [-0.05, 0) is 36.8 Å². The minimum atomic E-state index is 0.114. The van der Waals surface area contributed by atoms with Gasteiger partial charge in [0.2, 0.25) is 0 Å². The summed E-state index contributed by atoms with van der Waals surface area (Å²) < 4.78 is 0. The quantitative estimate of drug-likeness (QED) is 0.801. The standard InChI is InChI=1S/C20H21N3O/c24-20(18-8-4-7-17-14-21-22-19(17)18)23-11-9-16(10-12-23)13-15-5-2-1-3-6-15/h1-8,14,16H,9-13H2,(H,21,22). The van der Waals surface area contributed by atoms with Crippen LogP contribution >= 0.6 is 0 Å². The highest BCUT2D eigenvalue weighted by Gasteiger charge is 2.25. The lowest BCUT2D eigenvalue weighted by Gasteiger charge is -2.32. The molecule has 0 unspecified atom stereocenters. The largest absolute Gasteiger partial charge is 0.339 e. The van der Waals surface area contributed by atoms with Crippen molar-refractivity contribution >= 4 is 16.8 Å². The fourth-order valence-electron chi connectivity index (χ4n) is 3.61. The molecule has 0 atom stereocenters. The Labute approximate surface area is 141 Å². The number of carbonyl (C=O) groups is 1. The lowest BCUT2D eigenvalue weighted by molar-refractivity contribution is 0.0692.